The van der Waals surface area contributed by atoms with E-state index in [4.69, 9.17) is 4.52 Å². The van der Waals surface area contributed by atoms with Crippen LogP contribution in [0.3, 0.4) is 0 Å². The monoisotopic (exact) mass is 317 g/mol. The Morgan fingerprint density at radius 3 is 2.83 bits per heavy atom. The van der Waals surface area contributed by atoms with Crippen molar-refractivity contribution >= 4 is 5.91 Å². The van der Waals surface area contributed by atoms with E-state index in [0.717, 1.165) is 18.4 Å². The number of nitrogens with one attached hydrogen (secondary N) is 1. The van der Waals surface area contributed by atoms with E-state index in [2.05, 4.69) is 15.5 Å². The summed E-state index contributed by atoms with van der Waals surface area (Å²) in [6, 6.07) is 7.14. The summed E-state index contributed by atoms with van der Waals surface area (Å²) in [7, 11) is 0. The molecule has 0 aliphatic rings. The Hall–Kier alpha value is -2.21. The van der Waals surface area contributed by atoms with Gasteiger partial charge in [-0.15, -0.1) is 0 Å². The first-order valence-electron chi connectivity index (χ1n) is 7.71. The van der Waals surface area contributed by atoms with Gasteiger partial charge in [0.25, 0.3) is 5.91 Å². The molecule has 124 valence electrons. The molecule has 0 saturated carbocycles. The molecule has 0 radical (unpaired) electrons. The Kier molecular flexibility index (Phi) is 5.50. The van der Waals surface area contributed by atoms with Crippen LogP contribution in [0.15, 0.2) is 28.8 Å². The Bertz CT molecular complexity index is 665. The number of nitrogens with zero attached hydrogens (tertiary/aromatic N) is 2. The molecule has 0 bridgehead atoms. The number of amides is 1. The zero-order chi connectivity index (χ0) is 16.9. The van der Waals surface area contributed by atoms with Crippen LogP contribution in [0, 0.1) is 12.3 Å². The number of carbonyl (C=O) groups is 1. The quantitative estimate of drug-likeness (QED) is 0.766. The van der Waals surface area contributed by atoms with E-state index in [9.17, 15) is 9.90 Å². The Labute approximate surface area is 135 Å². The second-order valence-corrected chi connectivity index (χ2v) is 6.40. The zero-order valence-electron chi connectivity index (χ0n) is 13.8. The summed E-state index contributed by atoms with van der Waals surface area (Å²) in [6.07, 6.45) is 1.68. The molecule has 23 heavy (non-hydrogen) atoms. The van der Waals surface area contributed by atoms with Gasteiger partial charge in [0.1, 0.15) is 0 Å². The number of aromatic nitrogens is 2. The summed E-state index contributed by atoms with van der Waals surface area (Å²) in [5.74, 6) is 0.831. The van der Waals surface area contributed by atoms with Gasteiger partial charge in [-0.05, 0) is 30.4 Å². The highest BCUT2D eigenvalue weighted by Gasteiger charge is 2.16. The van der Waals surface area contributed by atoms with E-state index in [1.54, 1.807) is 25.1 Å². The summed E-state index contributed by atoms with van der Waals surface area (Å²) < 4.78 is 4.96. The molecule has 0 saturated heterocycles. The van der Waals surface area contributed by atoms with Gasteiger partial charge in [0.2, 0.25) is 11.7 Å². The van der Waals surface area contributed by atoms with E-state index in [-0.39, 0.29) is 17.9 Å². The van der Waals surface area contributed by atoms with Crippen molar-refractivity contribution in [2.24, 2.45) is 5.41 Å². The molecule has 6 heteroatoms. The second kappa shape index (κ2) is 7.37. The fourth-order valence-corrected chi connectivity index (χ4v) is 2.17. The molecule has 2 rings (SSSR count). The lowest BCUT2D eigenvalue weighted by atomic mass is 9.89. The molecule has 2 aromatic rings. The van der Waals surface area contributed by atoms with Gasteiger partial charge in [0.05, 0.1) is 0 Å². The summed E-state index contributed by atoms with van der Waals surface area (Å²) in [4.78, 5) is 16.4. The van der Waals surface area contributed by atoms with Gasteiger partial charge in [-0.3, -0.25) is 4.79 Å². The van der Waals surface area contributed by atoms with Crippen LogP contribution in [-0.2, 0) is 0 Å². The van der Waals surface area contributed by atoms with Gasteiger partial charge in [0.15, 0.2) is 0 Å². The largest absolute Gasteiger partial charge is 0.396 e. The predicted molar refractivity (Wildman–Crippen MR) is 86.9 cm³/mol. The Morgan fingerprint density at radius 2 is 2.17 bits per heavy atom. The number of aliphatic hydroxyl groups is 1. The number of rotatable bonds is 7. The molecule has 0 atom stereocenters. The number of carbonyl (C=O) groups excluding carboxylic acids is 1. The maximum atomic E-state index is 12.2. The van der Waals surface area contributed by atoms with E-state index in [1.165, 1.54) is 0 Å². The van der Waals surface area contributed by atoms with Gasteiger partial charge in [-0.25, -0.2) is 0 Å². The molecule has 6 nitrogen and oxygen atoms in total. The highest BCUT2D eigenvalue weighted by Crippen LogP contribution is 2.20. The van der Waals surface area contributed by atoms with Gasteiger partial charge in [-0.2, -0.15) is 4.98 Å². The standard InChI is InChI=1S/C17H23N3O3/c1-12-19-15(20-23-12)13-6-4-7-14(10-13)16(22)18-9-5-8-17(2,3)11-21/h4,6-7,10,21H,5,8-9,11H2,1-3H3,(H,18,22). The summed E-state index contributed by atoms with van der Waals surface area (Å²) >= 11 is 0. The maximum absolute atomic E-state index is 12.2. The molecule has 1 aromatic carbocycles. The average Bonchev–Trinajstić information content (AvgIpc) is 2.98. The number of aliphatic hydroxyl groups excluding tert-OH is 1. The lowest BCUT2D eigenvalue weighted by Crippen LogP contribution is -2.26. The first-order chi connectivity index (χ1) is 10.9. The third-order valence-electron chi connectivity index (χ3n) is 3.65. The molecule has 1 aromatic heterocycles. The van der Waals surface area contributed by atoms with Crippen LogP contribution >= 0.6 is 0 Å². The highest BCUT2D eigenvalue weighted by molar-refractivity contribution is 5.95. The van der Waals surface area contributed by atoms with E-state index >= 15 is 0 Å². The van der Waals surface area contributed by atoms with Gasteiger partial charge >= 0.3 is 0 Å². The van der Waals surface area contributed by atoms with Crippen molar-refractivity contribution < 1.29 is 14.4 Å². The molecule has 0 spiro atoms. The van der Waals surface area contributed by atoms with Crippen LogP contribution < -0.4 is 5.32 Å². The molecule has 0 unspecified atom stereocenters. The van der Waals surface area contributed by atoms with Crippen molar-refractivity contribution in [1.29, 1.82) is 0 Å². The number of aryl methyl sites for hydroxylation is 1. The number of hydrogen-bond donors (Lipinski definition) is 2. The zero-order valence-corrected chi connectivity index (χ0v) is 13.8. The summed E-state index contributed by atoms with van der Waals surface area (Å²) in [5.41, 5.74) is 1.20. The third kappa shape index (κ3) is 4.89. The Balaban J connectivity index is 1.93. The lowest BCUT2D eigenvalue weighted by Gasteiger charge is -2.21. The van der Waals surface area contributed by atoms with E-state index < -0.39 is 0 Å². The minimum atomic E-state index is -0.131. The predicted octanol–water partition coefficient (Wildman–Crippen LogP) is 2.57. The fourth-order valence-electron chi connectivity index (χ4n) is 2.17. The van der Waals surface area contributed by atoms with Gasteiger partial charge < -0.3 is 14.9 Å². The maximum Gasteiger partial charge on any atom is 0.251 e. The van der Waals surface area contributed by atoms with Crippen LogP contribution in [0.25, 0.3) is 11.4 Å². The number of benzene rings is 1. The second-order valence-electron chi connectivity index (χ2n) is 6.40. The normalized spacial score (nSPS) is 11.5. The van der Waals surface area contributed by atoms with Crippen LogP contribution in [-0.4, -0.2) is 34.3 Å². The molecular formula is C17H23N3O3. The van der Waals surface area contributed by atoms with Crippen molar-refractivity contribution in [3.63, 3.8) is 0 Å². The summed E-state index contributed by atoms with van der Waals surface area (Å²) in [6.45, 7) is 6.46. The van der Waals surface area contributed by atoms with E-state index in [0.29, 0.717) is 23.8 Å². The summed E-state index contributed by atoms with van der Waals surface area (Å²) in [5, 5.41) is 16.0. The number of hydrogen-bond acceptors (Lipinski definition) is 5. The minimum Gasteiger partial charge on any atom is -0.396 e. The van der Waals surface area contributed by atoms with E-state index in [1.807, 2.05) is 19.9 Å². The van der Waals surface area contributed by atoms with Crippen molar-refractivity contribution in [1.82, 2.24) is 15.5 Å². The van der Waals surface area contributed by atoms with Crippen LogP contribution in [0.1, 0.15) is 42.9 Å². The molecular weight excluding hydrogens is 294 g/mol. The van der Waals surface area contributed by atoms with Crippen LogP contribution in [0.5, 0.6) is 0 Å². The average molecular weight is 317 g/mol. The fraction of sp³-hybridized carbons (Fsp3) is 0.471. The molecule has 1 heterocycles. The third-order valence-corrected chi connectivity index (χ3v) is 3.65. The molecule has 2 N–H and O–H groups in total. The molecule has 0 aliphatic heterocycles. The van der Waals surface area contributed by atoms with Crippen LogP contribution in [0.4, 0.5) is 0 Å². The topological polar surface area (TPSA) is 88.2 Å². The van der Waals surface area contributed by atoms with Crippen molar-refractivity contribution in [3.8, 4) is 11.4 Å². The smallest absolute Gasteiger partial charge is 0.251 e. The molecule has 1 amide bonds. The van der Waals surface area contributed by atoms with Crippen molar-refractivity contribution in [3.05, 3.63) is 35.7 Å². The van der Waals surface area contributed by atoms with Gasteiger partial charge in [0, 0.05) is 31.2 Å². The SMILES string of the molecule is Cc1nc(-c2cccc(C(=O)NCCCC(C)(C)CO)c2)no1. The van der Waals surface area contributed by atoms with Crippen molar-refractivity contribution in [2.45, 2.75) is 33.6 Å². The lowest BCUT2D eigenvalue weighted by molar-refractivity contribution is 0.0948. The Morgan fingerprint density at radius 1 is 1.39 bits per heavy atom. The van der Waals surface area contributed by atoms with Gasteiger partial charge in [-0.1, -0.05) is 31.1 Å². The minimum absolute atomic E-state index is 0.110. The first kappa shape index (κ1) is 17.1. The molecule has 0 fully saturated rings. The highest BCUT2D eigenvalue weighted by atomic mass is 16.5. The van der Waals surface area contributed by atoms with Crippen LogP contribution in [0.2, 0.25) is 0 Å². The first-order valence-corrected chi connectivity index (χ1v) is 7.71. The van der Waals surface area contributed by atoms with Crippen molar-refractivity contribution in [2.75, 3.05) is 13.2 Å². The molecule has 0 aliphatic carbocycles.